The van der Waals surface area contributed by atoms with Crippen LogP contribution in [0.2, 0.25) is 0 Å². The summed E-state index contributed by atoms with van der Waals surface area (Å²) in [5, 5.41) is 9.16. The van der Waals surface area contributed by atoms with Crippen molar-refractivity contribution < 1.29 is 14.6 Å². The fourth-order valence-electron chi connectivity index (χ4n) is 1.79. The van der Waals surface area contributed by atoms with Crippen molar-refractivity contribution >= 4 is 5.97 Å². The number of benzene rings is 1. The zero-order valence-corrected chi connectivity index (χ0v) is 11.2. The first-order valence-corrected chi connectivity index (χ1v) is 6.67. The summed E-state index contributed by atoms with van der Waals surface area (Å²) in [5.74, 6) is -0.153. The summed E-state index contributed by atoms with van der Waals surface area (Å²) >= 11 is 0. The van der Waals surface area contributed by atoms with Gasteiger partial charge in [-0.15, -0.1) is 0 Å². The molecular formula is C15H22O3. The molecule has 0 amide bonds. The van der Waals surface area contributed by atoms with Gasteiger partial charge in [-0.2, -0.15) is 0 Å². The van der Waals surface area contributed by atoms with Crippen molar-refractivity contribution in [2.24, 2.45) is 0 Å². The van der Waals surface area contributed by atoms with Crippen LogP contribution in [-0.2, 0) is 4.74 Å². The molecule has 0 aliphatic rings. The summed E-state index contributed by atoms with van der Waals surface area (Å²) in [6.45, 7) is 4.18. The molecule has 100 valence electrons. The van der Waals surface area contributed by atoms with Crippen LogP contribution >= 0.6 is 0 Å². The number of esters is 1. The second-order valence-corrected chi connectivity index (χ2v) is 4.48. The summed E-state index contributed by atoms with van der Waals surface area (Å²) in [6.07, 6.45) is 5.20. The van der Waals surface area contributed by atoms with Crippen molar-refractivity contribution in [3.05, 3.63) is 29.8 Å². The average Bonchev–Trinajstić information content (AvgIpc) is 2.38. The van der Waals surface area contributed by atoms with E-state index in [1.54, 1.807) is 12.1 Å². The number of ether oxygens (including phenoxy) is 1. The maximum Gasteiger partial charge on any atom is 0.338 e. The lowest BCUT2D eigenvalue weighted by Crippen LogP contribution is -2.17. The predicted octanol–water partition coefficient (Wildman–Crippen LogP) is 3.91. The van der Waals surface area contributed by atoms with Crippen molar-refractivity contribution in [2.75, 3.05) is 0 Å². The number of phenolic OH excluding ortho intramolecular Hbond substituents is 1. The van der Waals surface area contributed by atoms with E-state index in [0.29, 0.717) is 5.56 Å². The molecule has 0 aliphatic carbocycles. The molecule has 0 aromatic heterocycles. The van der Waals surface area contributed by atoms with E-state index in [1.165, 1.54) is 25.0 Å². The number of unbranched alkanes of at least 4 members (excludes halogenated alkanes) is 2. The maximum atomic E-state index is 11.9. The van der Waals surface area contributed by atoms with Crippen LogP contribution in [0.4, 0.5) is 0 Å². The minimum atomic E-state index is -0.307. The van der Waals surface area contributed by atoms with Gasteiger partial charge in [-0.1, -0.05) is 26.7 Å². The van der Waals surface area contributed by atoms with Crippen LogP contribution in [0.15, 0.2) is 24.3 Å². The van der Waals surface area contributed by atoms with Gasteiger partial charge in [-0.25, -0.2) is 4.79 Å². The van der Waals surface area contributed by atoms with Gasteiger partial charge >= 0.3 is 5.97 Å². The molecule has 1 N–H and O–H groups in total. The van der Waals surface area contributed by atoms with Crippen LogP contribution in [0, 0.1) is 0 Å². The van der Waals surface area contributed by atoms with Crippen LogP contribution < -0.4 is 0 Å². The number of phenols is 1. The molecule has 1 unspecified atom stereocenters. The third-order valence-corrected chi connectivity index (χ3v) is 2.96. The highest BCUT2D eigenvalue weighted by Crippen LogP contribution is 2.15. The van der Waals surface area contributed by atoms with E-state index in [0.717, 1.165) is 19.3 Å². The van der Waals surface area contributed by atoms with Crippen LogP contribution in [0.1, 0.15) is 56.3 Å². The van der Waals surface area contributed by atoms with Crippen molar-refractivity contribution in [3.63, 3.8) is 0 Å². The monoisotopic (exact) mass is 250 g/mol. The van der Waals surface area contributed by atoms with Crippen LogP contribution in [0.5, 0.6) is 5.75 Å². The molecule has 0 heterocycles. The first kappa shape index (κ1) is 14.6. The largest absolute Gasteiger partial charge is 0.508 e. The van der Waals surface area contributed by atoms with Crippen molar-refractivity contribution in [1.82, 2.24) is 0 Å². The SMILES string of the molecule is CCCCCC(CC)OC(=O)c1ccc(O)cc1. The van der Waals surface area contributed by atoms with Crippen molar-refractivity contribution in [1.29, 1.82) is 0 Å². The Kier molecular flexibility index (Phi) is 6.26. The van der Waals surface area contributed by atoms with E-state index in [-0.39, 0.29) is 17.8 Å². The zero-order valence-electron chi connectivity index (χ0n) is 11.2. The summed E-state index contributed by atoms with van der Waals surface area (Å²) in [4.78, 5) is 11.9. The van der Waals surface area contributed by atoms with Gasteiger partial charge in [0.05, 0.1) is 5.56 Å². The predicted molar refractivity (Wildman–Crippen MR) is 71.7 cm³/mol. The Balaban J connectivity index is 2.48. The van der Waals surface area contributed by atoms with E-state index in [2.05, 4.69) is 6.92 Å². The molecule has 3 heteroatoms. The van der Waals surface area contributed by atoms with E-state index < -0.39 is 0 Å². The zero-order chi connectivity index (χ0) is 13.4. The molecule has 18 heavy (non-hydrogen) atoms. The van der Waals surface area contributed by atoms with Gasteiger partial charge < -0.3 is 9.84 Å². The van der Waals surface area contributed by atoms with Crippen LogP contribution in [0.25, 0.3) is 0 Å². The minimum absolute atomic E-state index is 0.00199. The van der Waals surface area contributed by atoms with Gasteiger partial charge in [0.25, 0.3) is 0 Å². The number of aromatic hydroxyl groups is 1. The maximum absolute atomic E-state index is 11.9. The van der Waals surface area contributed by atoms with Gasteiger partial charge in [0, 0.05) is 0 Å². The number of carbonyl (C=O) groups excluding carboxylic acids is 1. The van der Waals surface area contributed by atoms with Crippen molar-refractivity contribution in [3.8, 4) is 5.75 Å². The molecule has 3 nitrogen and oxygen atoms in total. The fraction of sp³-hybridized carbons (Fsp3) is 0.533. The highest BCUT2D eigenvalue weighted by Gasteiger charge is 2.13. The highest BCUT2D eigenvalue weighted by molar-refractivity contribution is 5.89. The third kappa shape index (κ3) is 4.78. The Hall–Kier alpha value is -1.51. The van der Waals surface area contributed by atoms with E-state index in [1.807, 2.05) is 6.92 Å². The Bertz CT molecular complexity index is 357. The lowest BCUT2D eigenvalue weighted by molar-refractivity contribution is 0.0267. The first-order valence-electron chi connectivity index (χ1n) is 6.67. The molecule has 0 bridgehead atoms. The Labute approximate surface area is 109 Å². The summed E-state index contributed by atoms with van der Waals surface area (Å²) < 4.78 is 5.45. The molecule has 1 aromatic rings. The molecule has 0 fully saturated rings. The standard InChI is InChI=1S/C15H22O3/c1-3-5-6-7-14(4-2)18-15(17)12-8-10-13(16)11-9-12/h8-11,14,16H,3-7H2,1-2H3. The quantitative estimate of drug-likeness (QED) is 0.589. The van der Waals surface area contributed by atoms with Crippen molar-refractivity contribution in [2.45, 2.75) is 52.1 Å². The molecule has 0 saturated carbocycles. The minimum Gasteiger partial charge on any atom is -0.508 e. The normalized spacial score (nSPS) is 12.1. The van der Waals surface area contributed by atoms with E-state index >= 15 is 0 Å². The molecule has 0 saturated heterocycles. The average molecular weight is 250 g/mol. The van der Waals surface area contributed by atoms with E-state index in [9.17, 15) is 4.79 Å². The van der Waals surface area contributed by atoms with Gasteiger partial charge in [-0.05, 0) is 43.5 Å². The Morgan fingerprint density at radius 3 is 2.44 bits per heavy atom. The fourth-order valence-corrected chi connectivity index (χ4v) is 1.79. The lowest BCUT2D eigenvalue weighted by Gasteiger charge is -2.16. The number of rotatable bonds is 7. The molecule has 0 radical (unpaired) electrons. The van der Waals surface area contributed by atoms with Gasteiger partial charge in [0.2, 0.25) is 0 Å². The molecular weight excluding hydrogens is 228 g/mol. The smallest absolute Gasteiger partial charge is 0.338 e. The number of hydrogen-bond acceptors (Lipinski definition) is 3. The highest BCUT2D eigenvalue weighted by atomic mass is 16.5. The first-order chi connectivity index (χ1) is 8.67. The second-order valence-electron chi connectivity index (χ2n) is 4.48. The van der Waals surface area contributed by atoms with Gasteiger partial charge in [0.1, 0.15) is 11.9 Å². The molecule has 1 rings (SSSR count). The molecule has 1 atom stereocenters. The van der Waals surface area contributed by atoms with Gasteiger partial charge in [-0.3, -0.25) is 0 Å². The number of hydrogen-bond donors (Lipinski definition) is 1. The second kappa shape index (κ2) is 7.75. The third-order valence-electron chi connectivity index (χ3n) is 2.96. The number of carbonyl (C=O) groups is 1. The Morgan fingerprint density at radius 1 is 1.22 bits per heavy atom. The molecule has 0 aliphatic heterocycles. The van der Waals surface area contributed by atoms with Crippen LogP contribution in [-0.4, -0.2) is 17.2 Å². The van der Waals surface area contributed by atoms with Crippen LogP contribution in [0.3, 0.4) is 0 Å². The summed E-state index contributed by atoms with van der Waals surface area (Å²) in [5.41, 5.74) is 0.488. The summed E-state index contributed by atoms with van der Waals surface area (Å²) in [6, 6.07) is 6.15. The molecule has 0 spiro atoms. The topological polar surface area (TPSA) is 46.5 Å². The Morgan fingerprint density at radius 2 is 1.89 bits per heavy atom. The van der Waals surface area contributed by atoms with Gasteiger partial charge in [0.15, 0.2) is 0 Å². The summed E-state index contributed by atoms with van der Waals surface area (Å²) in [7, 11) is 0. The molecule has 1 aromatic carbocycles. The van der Waals surface area contributed by atoms with E-state index in [4.69, 9.17) is 9.84 Å². The lowest BCUT2D eigenvalue weighted by atomic mass is 10.1.